The number of hydrogen-bond donors (Lipinski definition) is 1. The van der Waals surface area contributed by atoms with Crippen molar-refractivity contribution in [1.82, 2.24) is 20.2 Å². The number of aromatic nitrogens is 2. The number of hydrogen-bond acceptors (Lipinski definition) is 4. The molecule has 1 unspecified atom stereocenters. The molecule has 1 aliphatic heterocycles. The zero-order valence-electron chi connectivity index (χ0n) is 13.0. The van der Waals surface area contributed by atoms with Crippen LogP contribution in [0.3, 0.4) is 0 Å². The summed E-state index contributed by atoms with van der Waals surface area (Å²) in [7, 11) is 0. The Hall–Kier alpha value is -1.00. The van der Waals surface area contributed by atoms with Crippen LogP contribution in [0.2, 0.25) is 0 Å². The molecule has 0 amide bonds. The highest BCUT2D eigenvalue weighted by atomic mass is 15.3. The van der Waals surface area contributed by atoms with Crippen LogP contribution in [0.1, 0.15) is 51.3 Å². The van der Waals surface area contributed by atoms with Gasteiger partial charge in [0.25, 0.3) is 0 Å². The van der Waals surface area contributed by atoms with E-state index in [1.807, 2.05) is 18.5 Å². The molecule has 4 rings (SSSR count). The van der Waals surface area contributed by atoms with Gasteiger partial charge in [0.2, 0.25) is 0 Å². The predicted molar refractivity (Wildman–Crippen MR) is 82.8 cm³/mol. The van der Waals surface area contributed by atoms with E-state index in [9.17, 15) is 0 Å². The van der Waals surface area contributed by atoms with Crippen molar-refractivity contribution in [2.24, 2.45) is 5.92 Å². The second kappa shape index (κ2) is 5.03. The Morgan fingerprint density at radius 1 is 1.24 bits per heavy atom. The lowest BCUT2D eigenvalue weighted by atomic mass is 9.83. The van der Waals surface area contributed by atoms with E-state index in [1.54, 1.807) is 0 Å². The summed E-state index contributed by atoms with van der Waals surface area (Å²) in [5, 5.41) is 3.94. The van der Waals surface area contributed by atoms with E-state index in [2.05, 4.69) is 27.1 Å². The molecule has 3 fully saturated rings. The molecule has 1 aromatic heterocycles. The first-order chi connectivity index (χ1) is 10.2. The maximum absolute atomic E-state index is 4.46. The van der Waals surface area contributed by atoms with Crippen molar-refractivity contribution in [3.05, 3.63) is 24.3 Å². The zero-order chi connectivity index (χ0) is 14.3. The lowest BCUT2D eigenvalue weighted by molar-refractivity contribution is -0.00555. The maximum atomic E-state index is 4.46. The average Bonchev–Trinajstić information content (AvgIpc) is 3.27. The second-order valence-corrected chi connectivity index (χ2v) is 7.49. The molecular weight excluding hydrogens is 260 g/mol. The highest BCUT2D eigenvalue weighted by Gasteiger charge is 2.52. The Bertz CT molecular complexity index is 493. The monoisotopic (exact) mass is 286 g/mol. The van der Waals surface area contributed by atoms with Gasteiger partial charge in [-0.3, -0.25) is 4.90 Å². The Kier molecular flexibility index (Phi) is 3.27. The van der Waals surface area contributed by atoms with Crippen molar-refractivity contribution in [3.63, 3.8) is 0 Å². The summed E-state index contributed by atoms with van der Waals surface area (Å²) in [4.78, 5) is 11.6. The van der Waals surface area contributed by atoms with E-state index >= 15 is 0 Å². The quantitative estimate of drug-likeness (QED) is 0.926. The van der Waals surface area contributed by atoms with Crippen molar-refractivity contribution in [1.29, 1.82) is 0 Å². The molecule has 2 heterocycles. The van der Waals surface area contributed by atoms with Gasteiger partial charge in [-0.15, -0.1) is 0 Å². The Morgan fingerprint density at radius 2 is 1.95 bits per heavy atom. The van der Waals surface area contributed by atoms with Gasteiger partial charge in [-0.2, -0.15) is 0 Å². The number of rotatable bonds is 3. The van der Waals surface area contributed by atoms with Crippen LogP contribution in [0.4, 0.5) is 0 Å². The van der Waals surface area contributed by atoms with Crippen molar-refractivity contribution >= 4 is 0 Å². The number of piperazine rings is 1. The largest absolute Gasteiger partial charge is 0.308 e. The molecule has 4 nitrogen and oxygen atoms in total. The van der Waals surface area contributed by atoms with Gasteiger partial charge in [-0.1, -0.05) is 12.8 Å². The fourth-order valence-corrected chi connectivity index (χ4v) is 4.39. The first kappa shape index (κ1) is 13.6. The van der Waals surface area contributed by atoms with E-state index in [-0.39, 0.29) is 5.54 Å². The van der Waals surface area contributed by atoms with Gasteiger partial charge in [-0.05, 0) is 44.6 Å². The minimum absolute atomic E-state index is 0.285. The second-order valence-electron chi connectivity index (χ2n) is 7.49. The third kappa shape index (κ3) is 2.49. The molecule has 1 aromatic rings. The van der Waals surface area contributed by atoms with Crippen LogP contribution in [-0.4, -0.2) is 39.0 Å². The highest BCUT2D eigenvalue weighted by Crippen LogP contribution is 2.47. The summed E-state index contributed by atoms with van der Waals surface area (Å²) in [6, 6.07) is 1.90. The first-order valence-electron chi connectivity index (χ1n) is 8.46. The van der Waals surface area contributed by atoms with Gasteiger partial charge in [0.05, 0.1) is 6.54 Å². The molecule has 1 spiro atoms. The Balaban J connectivity index is 1.58. The van der Waals surface area contributed by atoms with Crippen molar-refractivity contribution in [2.75, 3.05) is 13.1 Å². The van der Waals surface area contributed by atoms with Gasteiger partial charge in [0.15, 0.2) is 0 Å². The summed E-state index contributed by atoms with van der Waals surface area (Å²) in [5.41, 5.74) is 0.649. The molecule has 2 aliphatic carbocycles. The SMILES string of the molecule is CC1(C2CC2)CNC2(CCCC2)CN1Cc1ncccn1. The minimum Gasteiger partial charge on any atom is -0.308 e. The summed E-state index contributed by atoms with van der Waals surface area (Å²) < 4.78 is 0. The van der Waals surface area contributed by atoms with Crippen molar-refractivity contribution in [3.8, 4) is 0 Å². The molecule has 0 radical (unpaired) electrons. The fraction of sp³-hybridized carbons (Fsp3) is 0.765. The Labute approximate surface area is 127 Å². The number of nitrogens with zero attached hydrogens (tertiary/aromatic N) is 3. The van der Waals surface area contributed by atoms with Gasteiger partial charge in [0, 0.05) is 36.6 Å². The lowest BCUT2D eigenvalue weighted by Gasteiger charge is -2.52. The van der Waals surface area contributed by atoms with Gasteiger partial charge < -0.3 is 5.32 Å². The van der Waals surface area contributed by atoms with E-state index < -0.39 is 0 Å². The zero-order valence-corrected chi connectivity index (χ0v) is 13.0. The van der Waals surface area contributed by atoms with E-state index in [0.29, 0.717) is 5.54 Å². The first-order valence-corrected chi connectivity index (χ1v) is 8.46. The van der Waals surface area contributed by atoms with Crippen LogP contribution in [0.15, 0.2) is 18.5 Å². The molecule has 0 bridgehead atoms. The third-order valence-corrected chi connectivity index (χ3v) is 6.01. The molecule has 1 atom stereocenters. The third-order valence-electron chi connectivity index (χ3n) is 6.01. The molecule has 21 heavy (non-hydrogen) atoms. The summed E-state index contributed by atoms with van der Waals surface area (Å²) in [6.07, 6.45) is 11.9. The minimum atomic E-state index is 0.285. The molecular formula is C17H26N4. The van der Waals surface area contributed by atoms with Crippen LogP contribution in [0.25, 0.3) is 0 Å². The van der Waals surface area contributed by atoms with E-state index in [1.165, 1.54) is 38.5 Å². The average molecular weight is 286 g/mol. The summed E-state index contributed by atoms with van der Waals surface area (Å²) in [5.74, 6) is 1.83. The highest BCUT2D eigenvalue weighted by molar-refractivity contribution is 5.11. The fourth-order valence-electron chi connectivity index (χ4n) is 4.39. The Morgan fingerprint density at radius 3 is 2.62 bits per heavy atom. The van der Waals surface area contributed by atoms with Gasteiger partial charge >= 0.3 is 0 Å². The molecule has 3 aliphatic rings. The molecule has 4 heteroatoms. The van der Waals surface area contributed by atoms with E-state index in [0.717, 1.165) is 31.4 Å². The van der Waals surface area contributed by atoms with Gasteiger partial charge in [-0.25, -0.2) is 9.97 Å². The normalized spacial score (nSPS) is 32.6. The van der Waals surface area contributed by atoms with E-state index in [4.69, 9.17) is 0 Å². The number of nitrogens with one attached hydrogen (secondary N) is 1. The summed E-state index contributed by atoms with van der Waals surface area (Å²) >= 11 is 0. The summed E-state index contributed by atoms with van der Waals surface area (Å²) in [6.45, 7) is 5.64. The smallest absolute Gasteiger partial charge is 0.142 e. The van der Waals surface area contributed by atoms with Crippen molar-refractivity contribution in [2.45, 2.75) is 63.1 Å². The molecule has 1 saturated heterocycles. The predicted octanol–water partition coefficient (Wildman–Crippen LogP) is 2.36. The molecule has 1 N–H and O–H groups in total. The van der Waals surface area contributed by atoms with Crippen LogP contribution in [0, 0.1) is 5.92 Å². The molecule has 0 aromatic carbocycles. The molecule has 2 saturated carbocycles. The maximum Gasteiger partial charge on any atom is 0.142 e. The topological polar surface area (TPSA) is 41.0 Å². The van der Waals surface area contributed by atoms with Gasteiger partial charge in [0.1, 0.15) is 5.82 Å². The molecule has 114 valence electrons. The van der Waals surface area contributed by atoms with Crippen LogP contribution >= 0.6 is 0 Å². The van der Waals surface area contributed by atoms with Crippen LogP contribution < -0.4 is 5.32 Å². The van der Waals surface area contributed by atoms with Crippen LogP contribution in [0.5, 0.6) is 0 Å². The van der Waals surface area contributed by atoms with Crippen LogP contribution in [-0.2, 0) is 6.54 Å². The standard InChI is InChI=1S/C17H26N4/c1-16(14-5-6-14)12-20-17(7-2-3-8-17)13-21(16)11-15-18-9-4-10-19-15/h4,9-10,14,20H,2-3,5-8,11-13H2,1H3. The lowest BCUT2D eigenvalue weighted by Crippen LogP contribution is -2.68. The van der Waals surface area contributed by atoms with Crippen molar-refractivity contribution < 1.29 is 0 Å².